The average Bonchev–Trinajstić information content (AvgIpc) is 2.34. The molecule has 0 heterocycles. The van der Waals surface area contributed by atoms with Gasteiger partial charge >= 0.3 is 5.97 Å². The van der Waals surface area contributed by atoms with Crippen LogP contribution in [-0.4, -0.2) is 28.8 Å². The number of carbonyl (C=O) groups is 3. The van der Waals surface area contributed by atoms with E-state index in [9.17, 15) is 18.8 Å². The zero-order valence-electron chi connectivity index (χ0n) is 10.4. The maximum Gasteiger partial charge on any atom is 0.326 e. The summed E-state index contributed by atoms with van der Waals surface area (Å²) in [5.74, 6) is -2.46. The van der Waals surface area contributed by atoms with Crippen molar-refractivity contribution in [3.8, 4) is 0 Å². The van der Waals surface area contributed by atoms with E-state index < -0.39 is 23.7 Å². The molecular weight excluding hydrogens is 253 g/mol. The van der Waals surface area contributed by atoms with Gasteiger partial charge in [0.15, 0.2) is 0 Å². The molecule has 6 heteroatoms. The van der Waals surface area contributed by atoms with Gasteiger partial charge in [0.2, 0.25) is 0 Å². The van der Waals surface area contributed by atoms with Crippen molar-refractivity contribution >= 4 is 17.7 Å². The molecule has 102 valence electrons. The van der Waals surface area contributed by atoms with E-state index in [4.69, 9.17) is 5.11 Å². The highest BCUT2D eigenvalue weighted by Gasteiger charge is 2.20. The van der Waals surface area contributed by atoms with E-state index in [1.807, 2.05) is 0 Å². The summed E-state index contributed by atoms with van der Waals surface area (Å²) in [7, 11) is 0. The molecule has 0 saturated carbocycles. The first-order valence-corrected chi connectivity index (χ1v) is 5.69. The normalized spacial score (nSPS) is 11.7. The van der Waals surface area contributed by atoms with Gasteiger partial charge in [-0.1, -0.05) is 0 Å². The molecule has 5 nitrogen and oxygen atoms in total. The van der Waals surface area contributed by atoms with Crippen LogP contribution in [-0.2, 0) is 9.59 Å². The molecule has 0 aromatic heterocycles. The van der Waals surface area contributed by atoms with E-state index in [0.29, 0.717) is 0 Å². The van der Waals surface area contributed by atoms with Crippen molar-refractivity contribution in [2.24, 2.45) is 0 Å². The molecule has 0 aliphatic carbocycles. The highest BCUT2D eigenvalue weighted by molar-refractivity contribution is 5.96. The van der Waals surface area contributed by atoms with Crippen LogP contribution in [0.3, 0.4) is 0 Å². The van der Waals surface area contributed by atoms with E-state index in [1.165, 1.54) is 19.1 Å². The number of hydrogen-bond donors (Lipinski definition) is 2. The maximum absolute atomic E-state index is 12.7. The van der Waals surface area contributed by atoms with E-state index in [-0.39, 0.29) is 24.2 Å². The van der Waals surface area contributed by atoms with Crippen LogP contribution in [0.1, 0.15) is 30.1 Å². The Kier molecular flexibility index (Phi) is 5.17. The molecule has 1 atom stereocenters. The number of nitrogens with one attached hydrogen (secondary N) is 1. The summed E-state index contributed by atoms with van der Waals surface area (Å²) < 4.78 is 12.7. The van der Waals surface area contributed by atoms with Crippen molar-refractivity contribution in [1.82, 2.24) is 5.32 Å². The van der Waals surface area contributed by atoms with Gasteiger partial charge in [0.25, 0.3) is 5.91 Å². The van der Waals surface area contributed by atoms with E-state index in [1.54, 1.807) is 0 Å². The first kappa shape index (κ1) is 14.8. The summed E-state index contributed by atoms with van der Waals surface area (Å²) >= 11 is 0. The molecule has 1 amide bonds. The lowest BCUT2D eigenvalue weighted by molar-refractivity contribution is -0.139. The van der Waals surface area contributed by atoms with Gasteiger partial charge in [-0.25, -0.2) is 9.18 Å². The van der Waals surface area contributed by atoms with Gasteiger partial charge in [-0.05, 0) is 37.6 Å². The zero-order chi connectivity index (χ0) is 14.4. The molecule has 0 unspecified atom stereocenters. The van der Waals surface area contributed by atoms with Crippen LogP contribution in [0.5, 0.6) is 0 Å². The van der Waals surface area contributed by atoms with Crippen LogP contribution < -0.4 is 5.32 Å². The van der Waals surface area contributed by atoms with Crippen molar-refractivity contribution in [2.75, 3.05) is 0 Å². The second-order valence-electron chi connectivity index (χ2n) is 4.11. The smallest absolute Gasteiger partial charge is 0.326 e. The Morgan fingerprint density at radius 3 is 2.32 bits per heavy atom. The largest absolute Gasteiger partial charge is 0.480 e. The summed E-state index contributed by atoms with van der Waals surface area (Å²) in [6.07, 6.45) is 0.0955. The molecule has 2 N–H and O–H groups in total. The lowest BCUT2D eigenvalue weighted by atomic mass is 10.1. The van der Waals surface area contributed by atoms with Crippen molar-refractivity contribution in [3.63, 3.8) is 0 Å². The Labute approximate surface area is 109 Å². The SMILES string of the molecule is CC(=O)CC[C@@H](NC(=O)c1ccc(F)cc1)C(=O)O. The summed E-state index contributed by atoms with van der Waals surface area (Å²) in [6.45, 7) is 1.35. The third kappa shape index (κ3) is 4.87. The van der Waals surface area contributed by atoms with Crippen LogP contribution >= 0.6 is 0 Å². The van der Waals surface area contributed by atoms with Crippen LogP contribution in [0.2, 0.25) is 0 Å². The summed E-state index contributed by atoms with van der Waals surface area (Å²) in [5, 5.41) is 11.2. The third-order valence-corrected chi connectivity index (χ3v) is 2.49. The maximum atomic E-state index is 12.7. The van der Waals surface area contributed by atoms with E-state index >= 15 is 0 Å². The molecule has 0 bridgehead atoms. The van der Waals surface area contributed by atoms with E-state index in [2.05, 4.69) is 5.32 Å². The molecule has 0 fully saturated rings. The fourth-order valence-corrected chi connectivity index (χ4v) is 1.45. The van der Waals surface area contributed by atoms with Crippen LogP contribution in [0.15, 0.2) is 24.3 Å². The first-order valence-electron chi connectivity index (χ1n) is 5.69. The molecule has 0 spiro atoms. The average molecular weight is 267 g/mol. The molecule has 0 aliphatic rings. The number of amides is 1. The molecule has 0 saturated heterocycles. The zero-order valence-corrected chi connectivity index (χ0v) is 10.4. The second kappa shape index (κ2) is 6.63. The number of carboxylic acid groups (broad SMARTS) is 1. The van der Waals surface area contributed by atoms with Crippen molar-refractivity contribution < 1.29 is 23.9 Å². The standard InChI is InChI=1S/C13H14FNO4/c1-8(16)2-7-11(13(18)19)15-12(17)9-3-5-10(14)6-4-9/h3-6,11H,2,7H2,1H3,(H,15,17)(H,18,19)/t11-/m1/s1. The minimum atomic E-state index is -1.21. The Bertz CT molecular complexity index is 484. The topological polar surface area (TPSA) is 83.5 Å². The number of rotatable bonds is 6. The van der Waals surface area contributed by atoms with Gasteiger partial charge in [0.05, 0.1) is 0 Å². The number of Topliss-reactive ketones (excluding diaryl/α,β-unsaturated/α-hetero) is 1. The van der Waals surface area contributed by atoms with Gasteiger partial charge in [-0.3, -0.25) is 4.79 Å². The lowest BCUT2D eigenvalue weighted by Gasteiger charge is -2.13. The minimum Gasteiger partial charge on any atom is -0.480 e. The van der Waals surface area contributed by atoms with Gasteiger partial charge in [-0.15, -0.1) is 0 Å². The van der Waals surface area contributed by atoms with Gasteiger partial charge in [0, 0.05) is 12.0 Å². The van der Waals surface area contributed by atoms with Gasteiger partial charge in [0.1, 0.15) is 17.6 Å². The number of carbonyl (C=O) groups excluding carboxylic acids is 2. The predicted molar refractivity (Wildman–Crippen MR) is 65.2 cm³/mol. The van der Waals surface area contributed by atoms with Crippen LogP contribution in [0.4, 0.5) is 4.39 Å². The van der Waals surface area contributed by atoms with Crippen molar-refractivity contribution in [3.05, 3.63) is 35.6 Å². The lowest BCUT2D eigenvalue weighted by Crippen LogP contribution is -2.41. The molecule has 0 radical (unpaired) electrons. The second-order valence-corrected chi connectivity index (χ2v) is 4.11. The minimum absolute atomic E-state index is 0.0254. The number of benzene rings is 1. The quantitative estimate of drug-likeness (QED) is 0.815. The summed E-state index contributed by atoms with van der Waals surface area (Å²) in [4.78, 5) is 33.5. The fourth-order valence-electron chi connectivity index (χ4n) is 1.45. The third-order valence-electron chi connectivity index (χ3n) is 2.49. The number of aliphatic carboxylic acids is 1. The summed E-state index contributed by atoms with van der Waals surface area (Å²) in [6, 6.07) is 3.60. The number of carboxylic acids is 1. The molecule has 19 heavy (non-hydrogen) atoms. The van der Waals surface area contributed by atoms with E-state index in [0.717, 1.165) is 12.1 Å². The Balaban J connectivity index is 2.68. The van der Waals surface area contributed by atoms with Crippen LogP contribution in [0, 0.1) is 5.82 Å². The Morgan fingerprint density at radius 1 is 1.26 bits per heavy atom. The Morgan fingerprint density at radius 2 is 1.84 bits per heavy atom. The highest BCUT2D eigenvalue weighted by Crippen LogP contribution is 2.05. The molecule has 1 rings (SSSR count). The number of hydrogen-bond acceptors (Lipinski definition) is 3. The van der Waals surface area contributed by atoms with Crippen LogP contribution in [0.25, 0.3) is 0 Å². The monoisotopic (exact) mass is 267 g/mol. The number of ketones is 1. The molecular formula is C13H14FNO4. The summed E-state index contributed by atoms with van der Waals surface area (Å²) in [5.41, 5.74) is 0.162. The molecule has 0 aliphatic heterocycles. The van der Waals surface area contributed by atoms with Crippen molar-refractivity contribution in [2.45, 2.75) is 25.8 Å². The van der Waals surface area contributed by atoms with Gasteiger partial charge < -0.3 is 15.2 Å². The van der Waals surface area contributed by atoms with Gasteiger partial charge in [-0.2, -0.15) is 0 Å². The Hall–Kier alpha value is -2.24. The molecule has 1 aromatic carbocycles. The van der Waals surface area contributed by atoms with Crippen molar-refractivity contribution in [1.29, 1.82) is 0 Å². The number of halogens is 1. The fraction of sp³-hybridized carbons (Fsp3) is 0.308. The first-order chi connectivity index (χ1) is 8.90. The molecule has 1 aromatic rings. The predicted octanol–water partition coefficient (Wildman–Crippen LogP) is 1.38. The highest BCUT2D eigenvalue weighted by atomic mass is 19.1.